The first-order valence-corrected chi connectivity index (χ1v) is 15.7. The quantitative estimate of drug-likeness (QED) is 0.150. The lowest BCUT2D eigenvalue weighted by Crippen LogP contribution is -2.57. The average molecular weight is 643 g/mol. The highest BCUT2D eigenvalue weighted by Crippen LogP contribution is 2.52. The van der Waals surface area contributed by atoms with Gasteiger partial charge in [-0.2, -0.15) is 0 Å². The molecular formula is C36H35ClN2O7. The fourth-order valence-electron chi connectivity index (χ4n) is 7.28. The number of aliphatic hydroxyl groups is 3. The molecule has 3 aromatic carbocycles. The summed E-state index contributed by atoms with van der Waals surface area (Å²) < 4.78 is 0. The number of hydrogen-bond donors (Lipinski definition) is 6. The Hall–Kier alpha value is -4.44. The molecule has 9 nitrogen and oxygen atoms in total. The first-order valence-electron chi connectivity index (χ1n) is 15.3. The monoisotopic (exact) mass is 642 g/mol. The maximum atomic E-state index is 14.0. The van der Waals surface area contributed by atoms with E-state index in [1.54, 1.807) is 6.07 Å². The number of halogens is 1. The second kappa shape index (κ2) is 12.1. The molecule has 3 aliphatic carbocycles. The zero-order valence-corrected chi connectivity index (χ0v) is 26.0. The summed E-state index contributed by atoms with van der Waals surface area (Å²) in [6, 6.07) is 17.2. The SMILES string of the molecule is CCc1ccc(CNCCc2ccc(Cl)cc2)cc1-c1ccc(O)c2c1C[C@H]1C[C@H]3CC(O)=C(C(N)=O)C(=O)[C@@]3(O)C(O)=C1C2=O. The molecule has 0 heterocycles. The summed E-state index contributed by atoms with van der Waals surface area (Å²) in [6.07, 6.45) is 1.62. The van der Waals surface area contributed by atoms with Crippen molar-refractivity contribution in [3.05, 3.63) is 110 Å². The Morgan fingerprint density at radius 1 is 1.00 bits per heavy atom. The summed E-state index contributed by atoms with van der Waals surface area (Å²) in [5, 5.41) is 48.4. The molecule has 0 aromatic heterocycles. The van der Waals surface area contributed by atoms with Crippen molar-refractivity contribution in [2.75, 3.05) is 6.54 Å². The van der Waals surface area contributed by atoms with Gasteiger partial charge in [0, 0.05) is 29.5 Å². The molecule has 0 bridgehead atoms. The molecule has 0 radical (unpaired) electrons. The van der Waals surface area contributed by atoms with Gasteiger partial charge in [-0.15, -0.1) is 0 Å². The number of allylic oxidation sites excluding steroid dienone is 2. The van der Waals surface area contributed by atoms with Gasteiger partial charge >= 0.3 is 0 Å². The second-order valence-electron chi connectivity index (χ2n) is 12.3. The number of carbonyl (C=O) groups excluding carboxylic acids is 3. The minimum atomic E-state index is -2.59. The molecule has 3 aliphatic rings. The number of aryl methyl sites for hydroxylation is 1. The van der Waals surface area contributed by atoms with Crippen molar-refractivity contribution < 1.29 is 34.8 Å². The normalized spacial score (nSPS) is 22.4. The van der Waals surface area contributed by atoms with Gasteiger partial charge in [0.25, 0.3) is 5.91 Å². The molecule has 0 saturated carbocycles. The van der Waals surface area contributed by atoms with E-state index < -0.39 is 52.0 Å². The lowest BCUT2D eigenvalue weighted by Gasteiger charge is -2.45. The van der Waals surface area contributed by atoms with E-state index in [1.807, 2.05) is 31.2 Å². The van der Waals surface area contributed by atoms with E-state index in [-0.39, 0.29) is 36.1 Å². The van der Waals surface area contributed by atoms with Crippen LogP contribution < -0.4 is 11.1 Å². The summed E-state index contributed by atoms with van der Waals surface area (Å²) in [5.74, 6) is -6.44. The summed E-state index contributed by atoms with van der Waals surface area (Å²) in [4.78, 5) is 39.2. The number of fused-ring (bicyclic) bond motifs is 3. The van der Waals surface area contributed by atoms with Crippen LogP contribution in [-0.4, -0.2) is 50.0 Å². The Morgan fingerprint density at radius 3 is 2.41 bits per heavy atom. The molecule has 0 spiro atoms. The van der Waals surface area contributed by atoms with Crippen LogP contribution in [0.3, 0.4) is 0 Å². The van der Waals surface area contributed by atoms with Crippen LogP contribution in [0.15, 0.2) is 77.3 Å². The fraction of sp³-hybridized carbons (Fsp3) is 0.306. The maximum Gasteiger partial charge on any atom is 0.255 e. The number of primary amides is 1. The average Bonchev–Trinajstić information content (AvgIpc) is 3.02. The van der Waals surface area contributed by atoms with Crippen LogP contribution in [0.4, 0.5) is 0 Å². The Morgan fingerprint density at radius 2 is 1.72 bits per heavy atom. The molecule has 10 heteroatoms. The van der Waals surface area contributed by atoms with Gasteiger partial charge < -0.3 is 31.5 Å². The highest BCUT2D eigenvalue weighted by molar-refractivity contribution is 6.30. The van der Waals surface area contributed by atoms with Crippen LogP contribution in [0.2, 0.25) is 5.02 Å². The highest BCUT2D eigenvalue weighted by atomic mass is 35.5. The standard InChI is InChI=1S/C36H35ClN2O7/c1-2-20-6-3-19(17-39-12-11-18-4-7-23(37)8-5-18)13-25(20)24-9-10-27(40)30-26(24)15-21-14-22-16-28(41)31(35(38)45)34(44)36(22,46)33(43)29(21)32(30)42/h3-10,13,21-22,39-41,43,46H,2,11-12,14-17H2,1H3,(H2,38,45)/t21-,22+,36+/m1/s1. The predicted molar refractivity (Wildman–Crippen MR) is 172 cm³/mol. The van der Waals surface area contributed by atoms with Crippen molar-refractivity contribution in [1.29, 1.82) is 0 Å². The van der Waals surface area contributed by atoms with E-state index in [0.717, 1.165) is 41.6 Å². The zero-order chi connectivity index (χ0) is 32.9. The number of nitrogens with one attached hydrogen (secondary N) is 1. The molecule has 7 N–H and O–H groups in total. The molecule has 0 saturated heterocycles. The molecule has 0 unspecified atom stereocenters. The molecule has 46 heavy (non-hydrogen) atoms. The van der Waals surface area contributed by atoms with Crippen LogP contribution in [-0.2, 0) is 35.4 Å². The van der Waals surface area contributed by atoms with Crippen LogP contribution in [0.25, 0.3) is 11.1 Å². The van der Waals surface area contributed by atoms with Crippen molar-refractivity contribution in [1.82, 2.24) is 5.32 Å². The van der Waals surface area contributed by atoms with Gasteiger partial charge in [-0.1, -0.05) is 48.9 Å². The first kappa shape index (κ1) is 31.5. The van der Waals surface area contributed by atoms with Gasteiger partial charge in [0.15, 0.2) is 11.4 Å². The molecule has 3 aromatic rings. The number of Topliss-reactive ketones (excluding diaryl/α,β-unsaturated/α-hetero) is 2. The molecular weight excluding hydrogens is 608 g/mol. The number of phenols is 1. The lowest BCUT2D eigenvalue weighted by atomic mass is 9.60. The maximum absolute atomic E-state index is 14.0. The van der Waals surface area contributed by atoms with Gasteiger partial charge in [0.05, 0.1) is 5.56 Å². The molecule has 6 rings (SSSR count). The predicted octanol–water partition coefficient (Wildman–Crippen LogP) is 4.80. The third kappa shape index (κ3) is 5.18. The topological polar surface area (TPSA) is 170 Å². The number of carbonyl (C=O) groups is 3. The number of amides is 1. The Balaban J connectivity index is 1.34. The van der Waals surface area contributed by atoms with Gasteiger partial charge in [-0.3, -0.25) is 14.4 Å². The number of nitrogens with two attached hydrogens (primary N) is 1. The third-order valence-electron chi connectivity index (χ3n) is 9.62. The van der Waals surface area contributed by atoms with E-state index in [0.29, 0.717) is 17.1 Å². The minimum absolute atomic E-state index is 0.00247. The van der Waals surface area contributed by atoms with E-state index >= 15 is 0 Å². The van der Waals surface area contributed by atoms with Crippen molar-refractivity contribution in [3.8, 4) is 16.9 Å². The smallest absolute Gasteiger partial charge is 0.255 e. The summed E-state index contributed by atoms with van der Waals surface area (Å²) in [6.45, 7) is 3.42. The fourth-order valence-corrected chi connectivity index (χ4v) is 7.41. The number of rotatable bonds is 8. The van der Waals surface area contributed by atoms with Crippen molar-refractivity contribution in [2.24, 2.45) is 17.6 Å². The van der Waals surface area contributed by atoms with Crippen molar-refractivity contribution in [2.45, 2.75) is 51.2 Å². The van der Waals surface area contributed by atoms with Gasteiger partial charge in [0.2, 0.25) is 5.78 Å². The Kier molecular flexibility index (Phi) is 8.27. The van der Waals surface area contributed by atoms with Crippen LogP contribution in [0.5, 0.6) is 5.75 Å². The van der Waals surface area contributed by atoms with E-state index in [2.05, 4.69) is 23.5 Å². The second-order valence-corrected chi connectivity index (χ2v) is 12.7. The third-order valence-corrected chi connectivity index (χ3v) is 9.88. The number of benzene rings is 3. The van der Waals surface area contributed by atoms with Gasteiger partial charge in [-0.25, -0.2) is 0 Å². The number of hydrogen-bond acceptors (Lipinski definition) is 8. The molecule has 238 valence electrons. The summed E-state index contributed by atoms with van der Waals surface area (Å²) >= 11 is 5.99. The molecule has 1 amide bonds. The number of aliphatic hydroxyl groups excluding tert-OH is 2. The molecule has 3 atom stereocenters. The lowest BCUT2D eigenvalue weighted by molar-refractivity contribution is -0.144. The first-order chi connectivity index (χ1) is 21.9. The summed E-state index contributed by atoms with van der Waals surface area (Å²) in [7, 11) is 0. The van der Waals surface area contributed by atoms with Crippen LogP contribution in [0.1, 0.15) is 52.4 Å². The number of aromatic hydroxyl groups is 1. The Labute approximate surface area is 271 Å². The zero-order valence-electron chi connectivity index (χ0n) is 25.3. The molecule has 0 aliphatic heterocycles. The van der Waals surface area contributed by atoms with Crippen LogP contribution >= 0.6 is 11.6 Å². The molecule has 0 fully saturated rings. The summed E-state index contributed by atoms with van der Waals surface area (Å²) in [5.41, 5.74) is 7.33. The van der Waals surface area contributed by atoms with Gasteiger partial charge in [0.1, 0.15) is 22.8 Å². The van der Waals surface area contributed by atoms with E-state index in [9.17, 15) is 34.8 Å². The van der Waals surface area contributed by atoms with Crippen molar-refractivity contribution >= 4 is 29.1 Å². The van der Waals surface area contributed by atoms with E-state index in [4.69, 9.17) is 17.3 Å². The largest absolute Gasteiger partial charge is 0.511 e. The Bertz CT molecular complexity index is 1850. The number of ketones is 2. The van der Waals surface area contributed by atoms with Crippen LogP contribution in [0, 0.1) is 11.8 Å². The van der Waals surface area contributed by atoms with Gasteiger partial charge in [-0.05, 0) is 95.8 Å². The minimum Gasteiger partial charge on any atom is -0.511 e. The number of phenolic OH excluding ortho intramolecular Hbond substituents is 1. The highest BCUT2D eigenvalue weighted by Gasteiger charge is 2.59. The van der Waals surface area contributed by atoms with E-state index in [1.165, 1.54) is 11.6 Å². The van der Waals surface area contributed by atoms with Crippen molar-refractivity contribution in [3.63, 3.8) is 0 Å².